The first-order valence-corrected chi connectivity index (χ1v) is 19.0. The molecule has 1 aliphatic rings. The van der Waals surface area contributed by atoms with Gasteiger partial charge in [0.15, 0.2) is 5.82 Å². The Balaban J connectivity index is 1.11. The molecular formula is C52H37N3. The highest BCUT2D eigenvalue weighted by Crippen LogP contribution is 2.39. The monoisotopic (exact) mass is 703 g/mol. The Morgan fingerprint density at radius 1 is 0.418 bits per heavy atom. The minimum absolute atomic E-state index is 0.360. The average Bonchev–Trinajstić information content (AvgIpc) is 3.26. The van der Waals surface area contributed by atoms with Gasteiger partial charge in [0.1, 0.15) is 0 Å². The van der Waals surface area contributed by atoms with Crippen molar-refractivity contribution in [3.8, 4) is 56.3 Å². The second-order valence-corrected chi connectivity index (χ2v) is 14.4. The molecule has 1 aliphatic carbocycles. The second kappa shape index (κ2) is 13.8. The van der Waals surface area contributed by atoms with E-state index in [4.69, 9.17) is 15.0 Å². The van der Waals surface area contributed by atoms with Gasteiger partial charge in [0.25, 0.3) is 0 Å². The van der Waals surface area contributed by atoms with Gasteiger partial charge >= 0.3 is 0 Å². The normalized spacial score (nSPS) is 15.2. The van der Waals surface area contributed by atoms with Gasteiger partial charge in [0, 0.05) is 44.3 Å². The number of para-hydroxylation sites is 1. The number of hydrogen-bond acceptors (Lipinski definition) is 3. The Hall–Kier alpha value is -6.97. The molecule has 0 bridgehead atoms. The molecule has 0 aliphatic heterocycles. The maximum atomic E-state index is 5.29. The topological polar surface area (TPSA) is 38.7 Å². The van der Waals surface area contributed by atoms with Gasteiger partial charge in [0.05, 0.1) is 22.6 Å². The van der Waals surface area contributed by atoms with E-state index in [0.29, 0.717) is 17.7 Å². The van der Waals surface area contributed by atoms with Gasteiger partial charge in [-0.25, -0.2) is 15.0 Å². The van der Waals surface area contributed by atoms with Gasteiger partial charge in [-0.05, 0) is 51.6 Å². The lowest BCUT2D eigenvalue weighted by Crippen LogP contribution is -2.07. The van der Waals surface area contributed by atoms with E-state index in [1.165, 1.54) is 27.3 Å². The van der Waals surface area contributed by atoms with Crippen LogP contribution in [0.15, 0.2) is 194 Å². The fraction of sp³-hybridized carbons (Fsp3) is 0.0577. The third-order valence-corrected chi connectivity index (χ3v) is 11.0. The summed E-state index contributed by atoms with van der Waals surface area (Å²) in [6, 6.07) is 60.2. The minimum Gasteiger partial charge on any atom is -0.247 e. The van der Waals surface area contributed by atoms with Crippen molar-refractivity contribution < 1.29 is 0 Å². The van der Waals surface area contributed by atoms with E-state index in [9.17, 15) is 0 Å². The summed E-state index contributed by atoms with van der Waals surface area (Å²) in [5.41, 5.74) is 11.4. The summed E-state index contributed by atoms with van der Waals surface area (Å²) in [7, 11) is 0. The first kappa shape index (κ1) is 32.7. The molecule has 0 fully saturated rings. The molecule has 0 spiro atoms. The van der Waals surface area contributed by atoms with Crippen molar-refractivity contribution in [1.29, 1.82) is 0 Å². The molecule has 3 nitrogen and oxygen atoms in total. The molecule has 2 unspecified atom stereocenters. The Morgan fingerprint density at radius 3 is 1.87 bits per heavy atom. The molecule has 2 aromatic heterocycles. The Kier molecular flexibility index (Phi) is 8.18. The van der Waals surface area contributed by atoms with Crippen molar-refractivity contribution in [2.75, 3.05) is 0 Å². The molecule has 3 heteroatoms. The zero-order chi connectivity index (χ0) is 36.7. The van der Waals surface area contributed by atoms with Gasteiger partial charge in [-0.3, -0.25) is 0 Å². The summed E-state index contributed by atoms with van der Waals surface area (Å²) in [4.78, 5) is 15.7. The van der Waals surface area contributed by atoms with Crippen molar-refractivity contribution in [3.63, 3.8) is 0 Å². The number of benzene rings is 7. The zero-order valence-electron chi connectivity index (χ0n) is 30.5. The van der Waals surface area contributed by atoms with Gasteiger partial charge in [-0.1, -0.05) is 183 Å². The first-order valence-electron chi connectivity index (χ1n) is 19.0. The van der Waals surface area contributed by atoms with Crippen LogP contribution in [-0.4, -0.2) is 15.0 Å². The van der Waals surface area contributed by atoms with E-state index in [1.807, 2.05) is 6.07 Å². The molecule has 2 atom stereocenters. The smallest absolute Gasteiger partial charge is 0.160 e. The summed E-state index contributed by atoms with van der Waals surface area (Å²) in [6.45, 7) is 2.27. The van der Waals surface area contributed by atoms with Gasteiger partial charge in [0.2, 0.25) is 0 Å². The van der Waals surface area contributed by atoms with Crippen molar-refractivity contribution >= 4 is 32.4 Å². The van der Waals surface area contributed by atoms with Crippen LogP contribution in [0.3, 0.4) is 0 Å². The van der Waals surface area contributed by atoms with Crippen LogP contribution < -0.4 is 0 Å². The molecule has 0 radical (unpaired) electrons. The minimum atomic E-state index is 0.360. The molecular weight excluding hydrogens is 667 g/mol. The van der Waals surface area contributed by atoms with Crippen LogP contribution in [0.4, 0.5) is 0 Å². The third-order valence-electron chi connectivity index (χ3n) is 11.0. The molecule has 2 heterocycles. The highest BCUT2D eigenvalue weighted by molar-refractivity contribution is 6.22. The van der Waals surface area contributed by atoms with E-state index < -0.39 is 0 Å². The Labute approximate surface area is 321 Å². The molecule has 55 heavy (non-hydrogen) atoms. The molecule has 0 saturated carbocycles. The average molecular weight is 704 g/mol. The number of aromatic nitrogens is 3. The van der Waals surface area contributed by atoms with Gasteiger partial charge in [-0.2, -0.15) is 0 Å². The summed E-state index contributed by atoms with van der Waals surface area (Å²) in [5.74, 6) is 1.50. The van der Waals surface area contributed by atoms with Crippen LogP contribution in [0.1, 0.15) is 18.4 Å². The summed E-state index contributed by atoms with van der Waals surface area (Å²) >= 11 is 0. The van der Waals surface area contributed by atoms with Crippen LogP contribution in [0.5, 0.6) is 0 Å². The zero-order valence-corrected chi connectivity index (χ0v) is 30.5. The number of fused-ring (bicyclic) bond motifs is 5. The molecule has 0 saturated heterocycles. The third kappa shape index (κ3) is 6.10. The maximum Gasteiger partial charge on any atom is 0.160 e. The summed E-state index contributed by atoms with van der Waals surface area (Å²) in [5, 5.41) is 5.98. The summed E-state index contributed by atoms with van der Waals surface area (Å²) in [6.07, 6.45) is 8.86. The SMILES string of the molecule is CC1C=CC=CC1c1ccc(-c2cc(-c3cccc(-c4nc5ccccc5c5c4ccc4ccccc45)c3)nc(-c3ccc(-c4ccccc4)cc3)n2)cc1. The lowest BCUT2D eigenvalue weighted by Gasteiger charge is -2.21. The van der Waals surface area contributed by atoms with Crippen LogP contribution >= 0.6 is 0 Å². The lowest BCUT2D eigenvalue weighted by atomic mass is 9.84. The predicted octanol–water partition coefficient (Wildman–Crippen LogP) is 13.5. The fourth-order valence-corrected chi connectivity index (χ4v) is 8.09. The van der Waals surface area contributed by atoms with Crippen LogP contribution in [0.25, 0.3) is 88.7 Å². The first-order chi connectivity index (χ1) is 27.2. The van der Waals surface area contributed by atoms with E-state index in [1.54, 1.807) is 0 Å². The molecule has 7 aromatic carbocycles. The second-order valence-electron chi connectivity index (χ2n) is 14.4. The van der Waals surface area contributed by atoms with Crippen LogP contribution in [0, 0.1) is 5.92 Å². The highest BCUT2D eigenvalue weighted by Gasteiger charge is 2.18. The van der Waals surface area contributed by atoms with E-state index in [-0.39, 0.29) is 0 Å². The van der Waals surface area contributed by atoms with Crippen LogP contribution in [0.2, 0.25) is 0 Å². The Morgan fingerprint density at radius 2 is 1.05 bits per heavy atom. The highest BCUT2D eigenvalue weighted by atomic mass is 14.9. The number of rotatable bonds is 6. The van der Waals surface area contributed by atoms with Crippen molar-refractivity contribution in [3.05, 3.63) is 200 Å². The fourth-order valence-electron chi connectivity index (χ4n) is 8.09. The number of pyridine rings is 1. The lowest BCUT2D eigenvalue weighted by molar-refractivity contribution is 0.635. The molecule has 0 amide bonds. The standard InChI is InChI=1S/C52H37N3/c1-34-12-5-7-18-43(34)38-24-26-39(27-25-38)48-33-49(55-52(54-48)40-28-22-36(23-29-40)35-13-3-2-4-14-35)41-16-11-17-42(32-41)51-46-31-30-37-15-6-8-19-44(37)50(46)45-20-9-10-21-47(45)53-51/h2-34,43H,1H3. The van der Waals surface area contributed by atoms with Gasteiger partial charge < -0.3 is 0 Å². The molecule has 10 rings (SSSR count). The largest absolute Gasteiger partial charge is 0.247 e. The number of nitrogens with zero attached hydrogens (tertiary/aromatic N) is 3. The maximum absolute atomic E-state index is 5.29. The predicted molar refractivity (Wildman–Crippen MR) is 230 cm³/mol. The van der Waals surface area contributed by atoms with Crippen molar-refractivity contribution in [1.82, 2.24) is 15.0 Å². The van der Waals surface area contributed by atoms with Gasteiger partial charge in [-0.15, -0.1) is 0 Å². The summed E-state index contributed by atoms with van der Waals surface area (Å²) < 4.78 is 0. The van der Waals surface area contributed by atoms with E-state index in [2.05, 4.69) is 195 Å². The molecule has 260 valence electrons. The quantitative estimate of drug-likeness (QED) is 0.162. The number of allylic oxidation sites excluding steroid dienone is 4. The van der Waals surface area contributed by atoms with Crippen molar-refractivity contribution in [2.45, 2.75) is 12.8 Å². The Bertz CT molecular complexity index is 2910. The van der Waals surface area contributed by atoms with E-state index in [0.717, 1.165) is 61.2 Å². The number of hydrogen-bond donors (Lipinski definition) is 0. The molecule has 9 aromatic rings. The molecule has 0 N–H and O–H groups in total. The van der Waals surface area contributed by atoms with Crippen LogP contribution in [-0.2, 0) is 0 Å². The van der Waals surface area contributed by atoms with Crippen molar-refractivity contribution in [2.24, 2.45) is 5.92 Å². The van der Waals surface area contributed by atoms with E-state index >= 15 is 0 Å².